The molecule has 0 N–H and O–H groups in total. The quantitative estimate of drug-likeness (QED) is 0.677. The minimum absolute atomic E-state index is 0.0760. The van der Waals surface area contributed by atoms with Crippen LogP contribution in [0.15, 0.2) is 24.8 Å². The number of allylic oxidation sites excluding steroid dienone is 1. The minimum Gasteiger partial charge on any atom is -0.206 e. The second-order valence-corrected chi connectivity index (χ2v) is 2.76. The lowest BCUT2D eigenvalue weighted by atomic mass is 10.0. The SMILES string of the molecule is C=C(CC)c1ccc(F)c(C#N)c1. The molecule has 1 aromatic carbocycles. The summed E-state index contributed by atoms with van der Waals surface area (Å²) < 4.78 is 12.9. The van der Waals surface area contributed by atoms with Gasteiger partial charge in [0.15, 0.2) is 0 Å². The Hall–Kier alpha value is -1.62. The number of halogens is 1. The molecule has 0 atom stereocenters. The standard InChI is InChI=1S/C11H10FN/c1-3-8(2)9-4-5-11(12)10(6-9)7-13/h4-6H,2-3H2,1H3. The van der Waals surface area contributed by atoms with Crippen LogP contribution in [-0.2, 0) is 0 Å². The number of nitrogens with zero attached hydrogens (tertiary/aromatic N) is 1. The van der Waals surface area contributed by atoms with Crippen LogP contribution in [0.25, 0.3) is 5.57 Å². The molecule has 0 fully saturated rings. The molecule has 0 spiro atoms. The van der Waals surface area contributed by atoms with E-state index in [4.69, 9.17) is 5.26 Å². The summed E-state index contributed by atoms with van der Waals surface area (Å²) in [5, 5.41) is 8.58. The molecule has 0 saturated heterocycles. The van der Waals surface area contributed by atoms with E-state index in [1.54, 1.807) is 12.1 Å². The van der Waals surface area contributed by atoms with E-state index in [1.165, 1.54) is 12.1 Å². The van der Waals surface area contributed by atoms with Crippen LogP contribution < -0.4 is 0 Å². The van der Waals surface area contributed by atoms with E-state index in [0.29, 0.717) is 0 Å². The molecule has 0 radical (unpaired) electrons. The predicted molar refractivity (Wildman–Crippen MR) is 50.4 cm³/mol. The highest BCUT2D eigenvalue weighted by Crippen LogP contribution is 2.18. The molecule has 66 valence electrons. The number of benzene rings is 1. The molecule has 0 amide bonds. The Morgan fingerprint density at radius 1 is 1.62 bits per heavy atom. The van der Waals surface area contributed by atoms with Crippen molar-refractivity contribution in [3.8, 4) is 6.07 Å². The lowest BCUT2D eigenvalue weighted by Gasteiger charge is -2.02. The Bertz CT molecular complexity index is 374. The molecule has 2 heteroatoms. The maximum absolute atomic E-state index is 12.9. The Balaban J connectivity index is 3.15. The highest BCUT2D eigenvalue weighted by Gasteiger charge is 2.03. The molecule has 1 aromatic rings. The van der Waals surface area contributed by atoms with Gasteiger partial charge in [0.2, 0.25) is 0 Å². The largest absolute Gasteiger partial charge is 0.206 e. The van der Waals surface area contributed by atoms with Gasteiger partial charge in [-0.2, -0.15) is 5.26 Å². The van der Waals surface area contributed by atoms with Gasteiger partial charge in [-0.25, -0.2) is 4.39 Å². The first-order valence-electron chi connectivity index (χ1n) is 4.06. The molecule has 1 nitrogen and oxygen atoms in total. The number of rotatable bonds is 2. The summed E-state index contributed by atoms with van der Waals surface area (Å²) in [7, 11) is 0. The van der Waals surface area contributed by atoms with Crippen LogP contribution in [0.3, 0.4) is 0 Å². The van der Waals surface area contributed by atoms with Crippen molar-refractivity contribution in [2.75, 3.05) is 0 Å². The monoisotopic (exact) mass is 175 g/mol. The first-order valence-corrected chi connectivity index (χ1v) is 4.06. The van der Waals surface area contributed by atoms with Gasteiger partial charge < -0.3 is 0 Å². The van der Waals surface area contributed by atoms with Gasteiger partial charge in [0.1, 0.15) is 11.9 Å². The van der Waals surface area contributed by atoms with Gasteiger partial charge in [-0.05, 0) is 29.7 Å². The fraction of sp³-hybridized carbons (Fsp3) is 0.182. The molecule has 0 aromatic heterocycles. The molecule has 13 heavy (non-hydrogen) atoms. The summed E-state index contributed by atoms with van der Waals surface area (Å²) in [5.74, 6) is -0.477. The van der Waals surface area contributed by atoms with Crippen LogP contribution in [0.1, 0.15) is 24.5 Å². The van der Waals surface area contributed by atoms with E-state index in [1.807, 2.05) is 6.92 Å². The van der Waals surface area contributed by atoms with Gasteiger partial charge in [-0.3, -0.25) is 0 Å². The summed E-state index contributed by atoms with van der Waals surface area (Å²) in [4.78, 5) is 0. The zero-order valence-electron chi connectivity index (χ0n) is 7.47. The normalized spacial score (nSPS) is 9.31. The van der Waals surface area contributed by atoms with Gasteiger partial charge in [-0.1, -0.05) is 19.6 Å². The molecule has 0 unspecified atom stereocenters. The molecule has 0 heterocycles. The van der Waals surface area contributed by atoms with E-state index >= 15 is 0 Å². The van der Waals surface area contributed by atoms with Crippen molar-refractivity contribution in [3.63, 3.8) is 0 Å². The first-order chi connectivity index (χ1) is 6.19. The molecular weight excluding hydrogens is 165 g/mol. The van der Waals surface area contributed by atoms with E-state index in [0.717, 1.165) is 17.6 Å². The topological polar surface area (TPSA) is 23.8 Å². The number of hydrogen-bond donors (Lipinski definition) is 0. The average Bonchev–Trinajstić information content (AvgIpc) is 2.17. The molecule has 0 bridgehead atoms. The van der Waals surface area contributed by atoms with Crippen molar-refractivity contribution in [1.29, 1.82) is 5.26 Å². The van der Waals surface area contributed by atoms with E-state index in [2.05, 4.69) is 6.58 Å². The van der Waals surface area contributed by atoms with Crippen LogP contribution in [0.2, 0.25) is 0 Å². The van der Waals surface area contributed by atoms with Crippen LogP contribution >= 0.6 is 0 Å². The van der Waals surface area contributed by atoms with Crippen molar-refractivity contribution in [2.24, 2.45) is 0 Å². The van der Waals surface area contributed by atoms with Crippen molar-refractivity contribution in [3.05, 3.63) is 41.7 Å². The van der Waals surface area contributed by atoms with E-state index in [9.17, 15) is 4.39 Å². The second kappa shape index (κ2) is 3.86. The predicted octanol–water partition coefficient (Wildman–Crippen LogP) is 3.12. The number of hydrogen-bond acceptors (Lipinski definition) is 1. The lowest BCUT2D eigenvalue weighted by Crippen LogP contribution is -1.87. The number of nitriles is 1. The van der Waals surface area contributed by atoms with Crippen molar-refractivity contribution in [1.82, 2.24) is 0 Å². The van der Waals surface area contributed by atoms with Crippen LogP contribution in [0.4, 0.5) is 4.39 Å². The Labute approximate surface area is 77.1 Å². The minimum atomic E-state index is -0.477. The molecule has 0 aliphatic heterocycles. The molecular formula is C11H10FN. The van der Waals surface area contributed by atoms with Gasteiger partial charge >= 0.3 is 0 Å². The Morgan fingerprint density at radius 3 is 2.85 bits per heavy atom. The second-order valence-electron chi connectivity index (χ2n) is 2.76. The summed E-state index contributed by atoms with van der Waals surface area (Å²) in [6, 6.07) is 6.27. The fourth-order valence-corrected chi connectivity index (χ4v) is 1.03. The first kappa shape index (κ1) is 9.47. The zero-order valence-corrected chi connectivity index (χ0v) is 7.47. The molecule has 1 rings (SSSR count). The van der Waals surface area contributed by atoms with Gasteiger partial charge in [0, 0.05) is 0 Å². The van der Waals surface area contributed by atoms with E-state index < -0.39 is 5.82 Å². The van der Waals surface area contributed by atoms with Gasteiger partial charge in [-0.15, -0.1) is 0 Å². The molecule has 0 aliphatic rings. The van der Waals surface area contributed by atoms with Gasteiger partial charge in [0.05, 0.1) is 5.56 Å². The van der Waals surface area contributed by atoms with Crippen LogP contribution in [-0.4, -0.2) is 0 Å². The van der Waals surface area contributed by atoms with Crippen molar-refractivity contribution < 1.29 is 4.39 Å². The van der Waals surface area contributed by atoms with Crippen molar-refractivity contribution >= 4 is 5.57 Å². The van der Waals surface area contributed by atoms with Crippen LogP contribution in [0.5, 0.6) is 0 Å². The molecule has 0 saturated carbocycles. The Morgan fingerprint density at radius 2 is 2.31 bits per heavy atom. The summed E-state index contributed by atoms with van der Waals surface area (Å²) >= 11 is 0. The van der Waals surface area contributed by atoms with E-state index in [-0.39, 0.29) is 5.56 Å². The van der Waals surface area contributed by atoms with Crippen LogP contribution in [0, 0.1) is 17.1 Å². The summed E-state index contributed by atoms with van der Waals surface area (Å²) in [6.07, 6.45) is 0.802. The Kier molecular flexibility index (Phi) is 2.81. The van der Waals surface area contributed by atoms with Crippen molar-refractivity contribution in [2.45, 2.75) is 13.3 Å². The maximum Gasteiger partial charge on any atom is 0.140 e. The zero-order chi connectivity index (χ0) is 9.84. The highest BCUT2D eigenvalue weighted by atomic mass is 19.1. The summed E-state index contributed by atoms with van der Waals surface area (Å²) in [6.45, 7) is 5.79. The third kappa shape index (κ3) is 1.94. The van der Waals surface area contributed by atoms with Gasteiger partial charge in [0.25, 0.3) is 0 Å². The maximum atomic E-state index is 12.9. The lowest BCUT2D eigenvalue weighted by molar-refractivity contribution is 0.624. The smallest absolute Gasteiger partial charge is 0.140 e. The third-order valence-corrected chi connectivity index (χ3v) is 1.92. The molecule has 0 aliphatic carbocycles. The summed E-state index contributed by atoms with van der Waals surface area (Å²) in [5.41, 5.74) is 1.82. The third-order valence-electron chi connectivity index (χ3n) is 1.92. The highest BCUT2D eigenvalue weighted by molar-refractivity contribution is 5.64. The average molecular weight is 175 g/mol. The fourth-order valence-electron chi connectivity index (χ4n) is 1.03.